The molecule has 0 bridgehead atoms. The zero-order valence-corrected chi connectivity index (χ0v) is 15.7. The van der Waals surface area contributed by atoms with Gasteiger partial charge in [-0.1, -0.05) is 6.07 Å². The summed E-state index contributed by atoms with van der Waals surface area (Å²) in [5.74, 6) is 1.23. The Morgan fingerprint density at radius 3 is 2.90 bits per heavy atom. The average molecular weight is 396 g/mol. The van der Waals surface area contributed by atoms with Crippen molar-refractivity contribution in [3.8, 4) is 0 Å². The number of carbonyl (C=O) groups is 1. The Balaban J connectivity index is 1.33. The third-order valence-electron chi connectivity index (χ3n) is 4.50. The van der Waals surface area contributed by atoms with E-state index in [1.165, 1.54) is 24.7 Å². The van der Waals surface area contributed by atoms with Crippen LogP contribution in [0.25, 0.3) is 0 Å². The molecule has 0 atom stereocenters. The predicted molar refractivity (Wildman–Crippen MR) is 106 cm³/mol. The van der Waals surface area contributed by atoms with Crippen molar-refractivity contribution < 1.29 is 13.6 Å². The van der Waals surface area contributed by atoms with Gasteiger partial charge in [-0.25, -0.2) is 14.4 Å². The van der Waals surface area contributed by atoms with E-state index in [-0.39, 0.29) is 17.5 Å². The fraction of sp³-hybridized carbons (Fsp3) is 0.300. The second-order valence-corrected chi connectivity index (χ2v) is 6.81. The maximum absolute atomic E-state index is 13.4. The summed E-state index contributed by atoms with van der Waals surface area (Å²) in [6, 6.07) is 6.16. The van der Waals surface area contributed by atoms with Crippen LogP contribution in [-0.2, 0) is 0 Å². The van der Waals surface area contributed by atoms with Gasteiger partial charge in [0.25, 0.3) is 5.91 Å². The molecule has 4 rings (SSSR count). The van der Waals surface area contributed by atoms with Gasteiger partial charge in [0.2, 0.25) is 11.7 Å². The largest absolute Gasteiger partial charge is 0.438 e. The van der Waals surface area contributed by atoms with Crippen molar-refractivity contribution in [2.24, 2.45) is 0 Å². The van der Waals surface area contributed by atoms with Gasteiger partial charge in [0.05, 0.1) is 6.20 Å². The highest BCUT2D eigenvalue weighted by Crippen LogP contribution is 2.42. The minimum Gasteiger partial charge on any atom is -0.438 e. The summed E-state index contributed by atoms with van der Waals surface area (Å²) in [5.41, 5.74) is 1.67. The monoisotopic (exact) mass is 396 g/mol. The molecule has 1 aromatic carbocycles. The summed E-state index contributed by atoms with van der Waals surface area (Å²) in [6.45, 7) is 1.12. The first-order chi connectivity index (χ1) is 14.2. The maximum Gasteiger partial charge on any atom is 0.288 e. The quantitative estimate of drug-likeness (QED) is 0.476. The molecule has 0 spiro atoms. The van der Waals surface area contributed by atoms with Crippen LogP contribution >= 0.6 is 0 Å². The van der Waals surface area contributed by atoms with Crippen LogP contribution in [0, 0.1) is 5.82 Å². The summed E-state index contributed by atoms with van der Waals surface area (Å²) in [5, 5.41) is 9.13. The number of rotatable bonds is 9. The van der Waals surface area contributed by atoms with Crippen LogP contribution in [0.4, 0.5) is 21.8 Å². The van der Waals surface area contributed by atoms with E-state index < -0.39 is 0 Å². The molecule has 1 amide bonds. The lowest BCUT2D eigenvalue weighted by Crippen LogP contribution is -2.25. The van der Waals surface area contributed by atoms with Crippen molar-refractivity contribution in [2.75, 3.05) is 23.7 Å². The summed E-state index contributed by atoms with van der Waals surface area (Å²) in [6.07, 6.45) is 7.38. The van der Waals surface area contributed by atoms with Gasteiger partial charge in [-0.15, -0.1) is 0 Å². The van der Waals surface area contributed by atoms with Crippen molar-refractivity contribution in [3.63, 3.8) is 0 Å². The van der Waals surface area contributed by atoms with Crippen LogP contribution in [0.1, 0.15) is 41.3 Å². The molecule has 1 aliphatic carbocycles. The van der Waals surface area contributed by atoms with Gasteiger partial charge >= 0.3 is 0 Å². The number of nitrogens with one attached hydrogen (secondary N) is 3. The third-order valence-corrected chi connectivity index (χ3v) is 4.50. The molecule has 150 valence electrons. The van der Waals surface area contributed by atoms with Crippen molar-refractivity contribution >= 4 is 23.4 Å². The van der Waals surface area contributed by atoms with Crippen molar-refractivity contribution in [3.05, 3.63) is 60.2 Å². The van der Waals surface area contributed by atoms with Crippen LogP contribution < -0.4 is 16.0 Å². The number of oxazole rings is 1. The summed E-state index contributed by atoms with van der Waals surface area (Å²) in [4.78, 5) is 24.5. The Kier molecular flexibility index (Phi) is 5.64. The lowest BCUT2D eigenvalue weighted by atomic mass is 10.2. The molecule has 29 heavy (non-hydrogen) atoms. The number of hydrogen-bond acceptors (Lipinski definition) is 7. The molecule has 9 heteroatoms. The molecule has 1 fully saturated rings. The average Bonchev–Trinajstić information content (AvgIpc) is 3.40. The topological polar surface area (TPSA) is 105 Å². The van der Waals surface area contributed by atoms with Crippen molar-refractivity contribution in [1.82, 2.24) is 20.3 Å². The molecule has 1 saturated carbocycles. The van der Waals surface area contributed by atoms with E-state index in [0.717, 1.165) is 24.2 Å². The fourth-order valence-electron chi connectivity index (χ4n) is 2.89. The standard InChI is InChI=1S/C20H21FN6O2/c21-14-3-1-4-15(9-14)26-20-25-10-16(13-5-6-13)18(27-20)23-7-2-8-24-19(28)17-11-22-12-29-17/h1,3-4,9-13H,2,5-8H2,(H,24,28)(H2,23,25,26,27). The second-order valence-electron chi connectivity index (χ2n) is 6.81. The van der Waals surface area contributed by atoms with Crippen LogP contribution in [0.15, 0.2) is 47.5 Å². The summed E-state index contributed by atoms with van der Waals surface area (Å²) < 4.78 is 18.3. The van der Waals surface area contributed by atoms with Gasteiger partial charge in [-0.2, -0.15) is 4.98 Å². The first-order valence-electron chi connectivity index (χ1n) is 9.49. The van der Waals surface area contributed by atoms with Crippen LogP contribution in [0.2, 0.25) is 0 Å². The number of aromatic nitrogens is 3. The van der Waals surface area contributed by atoms with E-state index in [1.807, 2.05) is 6.20 Å². The highest BCUT2D eigenvalue weighted by atomic mass is 19.1. The molecule has 0 aliphatic heterocycles. The lowest BCUT2D eigenvalue weighted by Gasteiger charge is -2.13. The van der Waals surface area contributed by atoms with E-state index >= 15 is 0 Å². The number of carbonyl (C=O) groups excluding carboxylic acids is 1. The Hall–Kier alpha value is -3.49. The van der Waals surface area contributed by atoms with Crippen molar-refractivity contribution in [2.45, 2.75) is 25.2 Å². The minimum absolute atomic E-state index is 0.192. The summed E-state index contributed by atoms with van der Waals surface area (Å²) in [7, 11) is 0. The number of hydrogen-bond donors (Lipinski definition) is 3. The van der Waals surface area contributed by atoms with Crippen LogP contribution in [0.5, 0.6) is 0 Å². The highest BCUT2D eigenvalue weighted by molar-refractivity contribution is 5.90. The van der Waals surface area contributed by atoms with E-state index in [0.29, 0.717) is 37.1 Å². The van der Waals surface area contributed by atoms with Crippen molar-refractivity contribution in [1.29, 1.82) is 0 Å². The molecular formula is C20H21FN6O2. The van der Waals surface area contributed by atoms with Gasteiger partial charge in [0.15, 0.2) is 6.39 Å². The Labute approximate surface area is 167 Å². The first-order valence-corrected chi connectivity index (χ1v) is 9.49. The van der Waals surface area contributed by atoms with E-state index in [9.17, 15) is 9.18 Å². The molecule has 3 N–H and O–H groups in total. The number of nitrogens with zero attached hydrogens (tertiary/aromatic N) is 3. The number of halogens is 1. The Morgan fingerprint density at radius 2 is 2.14 bits per heavy atom. The van der Waals surface area contributed by atoms with E-state index in [2.05, 4.69) is 30.9 Å². The Bertz CT molecular complexity index is 975. The smallest absolute Gasteiger partial charge is 0.288 e. The van der Waals surface area contributed by atoms with Crippen LogP contribution in [-0.4, -0.2) is 33.9 Å². The minimum atomic E-state index is -0.324. The third kappa shape index (κ3) is 5.07. The molecule has 1 aliphatic rings. The van der Waals surface area contributed by atoms with Crippen LogP contribution in [0.3, 0.4) is 0 Å². The van der Waals surface area contributed by atoms with Gasteiger partial charge < -0.3 is 20.4 Å². The van der Waals surface area contributed by atoms with Gasteiger partial charge in [-0.3, -0.25) is 4.79 Å². The summed E-state index contributed by atoms with van der Waals surface area (Å²) >= 11 is 0. The molecule has 0 radical (unpaired) electrons. The highest BCUT2D eigenvalue weighted by Gasteiger charge is 2.27. The number of amides is 1. The zero-order valence-electron chi connectivity index (χ0n) is 15.7. The van der Waals surface area contributed by atoms with Gasteiger partial charge in [0, 0.05) is 30.5 Å². The van der Waals surface area contributed by atoms with Gasteiger partial charge in [0.1, 0.15) is 11.6 Å². The number of anilines is 3. The predicted octanol–water partition coefficient (Wildman–Crippen LogP) is 3.46. The van der Waals surface area contributed by atoms with E-state index in [1.54, 1.807) is 12.1 Å². The molecule has 8 nitrogen and oxygen atoms in total. The Morgan fingerprint density at radius 1 is 1.24 bits per heavy atom. The molecule has 3 aromatic rings. The van der Waals surface area contributed by atoms with Gasteiger partial charge in [-0.05, 0) is 43.4 Å². The fourth-order valence-corrected chi connectivity index (χ4v) is 2.89. The molecular weight excluding hydrogens is 375 g/mol. The normalized spacial score (nSPS) is 13.1. The lowest BCUT2D eigenvalue weighted by molar-refractivity contribution is 0.0926. The molecule has 0 unspecified atom stereocenters. The SMILES string of the molecule is O=C(NCCCNc1nc(Nc2cccc(F)c2)ncc1C1CC1)c1cnco1. The zero-order chi connectivity index (χ0) is 20.1. The molecule has 0 saturated heterocycles. The number of benzene rings is 1. The molecule has 2 aromatic heterocycles. The van der Waals surface area contributed by atoms with E-state index in [4.69, 9.17) is 4.42 Å². The second kappa shape index (κ2) is 8.68. The first kappa shape index (κ1) is 18.9. The molecule has 2 heterocycles. The maximum atomic E-state index is 13.4.